The molecule has 0 fully saturated rings. The molecule has 27 heavy (non-hydrogen) atoms. The third-order valence-electron chi connectivity index (χ3n) is 4.34. The first-order valence-electron chi connectivity index (χ1n) is 8.93. The van der Waals surface area contributed by atoms with Gasteiger partial charge in [0.1, 0.15) is 11.4 Å². The lowest BCUT2D eigenvalue weighted by Crippen LogP contribution is -2.32. The molecule has 2 aromatic heterocycles. The Bertz CT molecular complexity index is 890. The van der Waals surface area contributed by atoms with Gasteiger partial charge < -0.3 is 9.64 Å². The first-order chi connectivity index (χ1) is 13.1. The molecular formula is C21H24N4O2. The third-order valence-corrected chi connectivity index (χ3v) is 4.34. The van der Waals surface area contributed by atoms with Gasteiger partial charge in [0.05, 0.1) is 13.7 Å². The van der Waals surface area contributed by atoms with Crippen LogP contribution in [0.3, 0.4) is 0 Å². The van der Waals surface area contributed by atoms with Crippen LogP contribution in [0.2, 0.25) is 0 Å². The molecule has 0 bridgehead atoms. The van der Waals surface area contributed by atoms with Crippen molar-refractivity contribution >= 4 is 5.91 Å². The predicted molar refractivity (Wildman–Crippen MR) is 103 cm³/mol. The molecule has 0 spiro atoms. The summed E-state index contributed by atoms with van der Waals surface area (Å²) in [5.74, 6) is 0.700. The van der Waals surface area contributed by atoms with Crippen LogP contribution in [-0.2, 0) is 13.1 Å². The van der Waals surface area contributed by atoms with Gasteiger partial charge in [0.15, 0.2) is 0 Å². The molecule has 0 saturated carbocycles. The van der Waals surface area contributed by atoms with E-state index in [4.69, 9.17) is 4.74 Å². The SMILES string of the molecule is COc1ccccc1CN(Cc1ccncc1)C(=O)c1ccnn1C(C)C. The molecule has 0 saturated heterocycles. The molecule has 1 amide bonds. The van der Waals surface area contributed by atoms with Crippen LogP contribution < -0.4 is 4.74 Å². The molecule has 0 unspecified atom stereocenters. The van der Waals surface area contributed by atoms with Gasteiger partial charge >= 0.3 is 0 Å². The highest BCUT2D eigenvalue weighted by Crippen LogP contribution is 2.22. The molecule has 1 aromatic carbocycles. The number of nitrogens with zero attached hydrogens (tertiary/aromatic N) is 4. The average Bonchev–Trinajstić information content (AvgIpc) is 3.18. The minimum absolute atomic E-state index is 0.0658. The van der Waals surface area contributed by atoms with Crippen LogP contribution in [0.4, 0.5) is 0 Å². The number of amides is 1. The number of aromatic nitrogens is 3. The van der Waals surface area contributed by atoms with Crippen molar-refractivity contribution < 1.29 is 9.53 Å². The second-order valence-corrected chi connectivity index (χ2v) is 6.58. The maximum absolute atomic E-state index is 13.3. The van der Waals surface area contributed by atoms with Gasteiger partial charge in [0.25, 0.3) is 5.91 Å². The van der Waals surface area contributed by atoms with Crippen molar-refractivity contribution in [3.63, 3.8) is 0 Å². The predicted octanol–water partition coefficient (Wildman–Crippen LogP) is 3.71. The Morgan fingerprint density at radius 2 is 1.81 bits per heavy atom. The van der Waals surface area contributed by atoms with Crippen molar-refractivity contribution in [3.05, 3.63) is 77.9 Å². The van der Waals surface area contributed by atoms with E-state index in [0.717, 1.165) is 16.9 Å². The van der Waals surface area contributed by atoms with Crippen molar-refractivity contribution in [2.75, 3.05) is 7.11 Å². The number of rotatable bonds is 7. The second kappa shape index (κ2) is 8.49. The van der Waals surface area contributed by atoms with Crippen LogP contribution in [0.25, 0.3) is 0 Å². The fourth-order valence-electron chi connectivity index (χ4n) is 3.00. The van der Waals surface area contributed by atoms with Crippen molar-refractivity contribution in [2.45, 2.75) is 33.0 Å². The number of hydrogen-bond donors (Lipinski definition) is 0. The molecule has 6 nitrogen and oxygen atoms in total. The summed E-state index contributed by atoms with van der Waals surface area (Å²) in [7, 11) is 1.64. The van der Waals surface area contributed by atoms with E-state index < -0.39 is 0 Å². The topological polar surface area (TPSA) is 60.2 Å². The van der Waals surface area contributed by atoms with Gasteiger partial charge in [-0.1, -0.05) is 18.2 Å². The van der Waals surface area contributed by atoms with Crippen LogP contribution in [0.5, 0.6) is 5.75 Å². The fraction of sp³-hybridized carbons (Fsp3) is 0.286. The molecule has 0 aliphatic heterocycles. The van der Waals surface area contributed by atoms with Gasteiger partial charge in [-0.15, -0.1) is 0 Å². The second-order valence-electron chi connectivity index (χ2n) is 6.58. The van der Waals surface area contributed by atoms with Crippen LogP contribution in [0.1, 0.15) is 41.5 Å². The number of carbonyl (C=O) groups excluding carboxylic acids is 1. The lowest BCUT2D eigenvalue weighted by atomic mass is 10.1. The van der Waals surface area contributed by atoms with Crippen LogP contribution in [-0.4, -0.2) is 32.7 Å². The Balaban J connectivity index is 1.94. The Kier molecular flexibility index (Phi) is 5.86. The lowest BCUT2D eigenvalue weighted by molar-refractivity contribution is 0.0714. The first kappa shape index (κ1) is 18.6. The van der Waals surface area contributed by atoms with E-state index in [9.17, 15) is 4.79 Å². The summed E-state index contributed by atoms with van der Waals surface area (Å²) in [5.41, 5.74) is 2.55. The quantitative estimate of drug-likeness (QED) is 0.641. The smallest absolute Gasteiger partial charge is 0.272 e. The van der Waals surface area contributed by atoms with Crippen molar-refractivity contribution in [3.8, 4) is 5.75 Å². The summed E-state index contributed by atoms with van der Waals surface area (Å²) in [6, 6.07) is 13.5. The largest absolute Gasteiger partial charge is 0.496 e. The maximum Gasteiger partial charge on any atom is 0.272 e. The molecule has 0 aliphatic rings. The van der Waals surface area contributed by atoms with E-state index in [1.54, 1.807) is 36.4 Å². The molecular weight excluding hydrogens is 340 g/mol. The van der Waals surface area contributed by atoms with Crippen LogP contribution in [0.15, 0.2) is 61.1 Å². The monoisotopic (exact) mass is 364 g/mol. The molecule has 6 heteroatoms. The zero-order valence-corrected chi connectivity index (χ0v) is 15.9. The van der Waals surface area contributed by atoms with Crippen molar-refractivity contribution in [1.82, 2.24) is 19.7 Å². The highest BCUT2D eigenvalue weighted by atomic mass is 16.5. The number of para-hydroxylation sites is 1. The molecule has 3 rings (SSSR count). The highest BCUT2D eigenvalue weighted by Gasteiger charge is 2.22. The number of hydrogen-bond acceptors (Lipinski definition) is 4. The molecule has 0 radical (unpaired) electrons. The molecule has 140 valence electrons. The van der Waals surface area contributed by atoms with Gasteiger partial charge in [-0.2, -0.15) is 5.10 Å². The van der Waals surface area contributed by atoms with Crippen LogP contribution >= 0.6 is 0 Å². The molecule has 0 aliphatic carbocycles. The molecule has 2 heterocycles. The Morgan fingerprint density at radius 3 is 2.52 bits per heavy atom. The van der Waals surface area contributed by atoms with E-state index in [2.05, 4.69) is 10.1 Å². The van der Waals surface area contributed by atoms with E-state index in [1.165, 1.54) is 0 Å². The van der Waals surface area contributed by atoms with E-state index >= 15 is 0 Å². The van der Waals surface area contributed by atoms with Gasteiger partial charge in [0, 0.05) is 36.7 Å². The van der Waals surface area contributed by atoms with Crippen molar-refractivity contribution in [1.29, 1.82) is 0 Å². The highest BCUT2D eigenvalue weighted by molar-refractivity contribution is 5.92. The normalized spacial score (nSPS) is 10.8. The third kappa shape index (κ3) is 4.34. The Hall–Kier alpha value is -3.15. The number of carbonyl (C=O) groups is 1. The van der Waals surface area contributed by atoms with Crippen LogP contribution in [0, 0.1) is 0 Å². The van der Waals surface area contributed by atoms with E-state index in [0.29, 0.717) is 18.8 Å². The van der Waals surface area contributed by atoms with Gasteiger partial charge in [-0.25, -0.2) is 0 Å². The summed E-state index contributed by atoms with van der Waals surface area (Å²) in [6.07, 6.45) is 5.14. The summed E-state index contributed by atoms with van der Waals surface area (Å²) >= 11 is 0. The lowest BCUT2D eigenvalue weighted by Gasteiger charge is -2.25. The summed E-state index contributed by atoms with van der Waals surface area (Å²) in [5, 5.41) is 4.30. The molecule has 0 atom stereocenters. The minimum atomic E-state index is -0.0658. The number of ether oxygens (including phenoxy) is 1. The average molecular weight is 364 g/mol. The van der Waals surface area contributed by atoms with Crippen molar-refractivity contribution in [2.24, 2.45) is 0 Å². The summed E-state index contributed by atoms with van der Waals surface area (Å²) < 4.78 is 7.22. The van der Waals surface area contributed by atoms with Gasteiger partial charge in [0.2, 0.25) is 0 Å². The summed E-state index contributed by atoms with van der Waals surface area (Å²) in [6.45, 7) is 4.94. The fourth-order valence-corrected chi connectivity index (χ4v) is 3.00. The number of pyridine rings is 1. The van der Waals surface area contributed by atoms with E-state index in [-0.39, 0.29) is 11.9 Å². The van der Waals surface area contributed by atoms with E-state index in [1.807, 2.05) is 55.1 Å². The molecule has 0 N–H and O–H groups in total. The maximum atomic E-state index is 13.3. The number of methoxy groups -OCH3 is 1. The first-order valence-corrected chi connectivity index (χ1v) is 8.93. The zero-order valence-electron chi connectivity index (χ0n) is 15.9. The Labute approximate surface area is 159 Å². The van der Waals surface area contributed by atoms with Gasteiger partial charge in [-0.05, 0) is 43.7 Å². The number of benzene rings is 1. The van der Waals surface area contributed by atoms with Gasteiger partial charge in [-0.3, -0.25) is 14.5 Å². The zero-order chi connectivity index (χ0) is 19.2. The molecule has 3 aromatic rings. The minimum Gasteiger partial charge on any atom is -0.496 e. The standard InChI is InChI=1S/C21H24N4O2/c1-16(2)25-19(10-13-23-25)21(26)24(14-17-8-11-22-12-9-17)15-18-6-4-5-7-20(18)27-3/h4-13,16H,14-15H2,1-3H3. The summed E-state index contributed by atoms with van der Waals surface area (Å²) in [4.78, 5) is 19.2. The Morgan fingerprint density at radius 1 is 1.07 bits per heavy atom.